The van der Waals surface area contributed by atoms with Crippen LogP contribution in [0.25, 0.3) is 10.4 Å². The van der Waals surface area contributed by atoms with E-state index >= 15 is 0 Å². The maximum Gasteiger partial charge on any atom is 0.195 e. The van der Waals surface area contributed by atoms with Gasteiger partial charge in [-0.1, -0.05) is 6.07 Å². The first-order valence-corrected chi connectivity index (χ1v) is 6.19. The van der Waals surface area contributed by atoms with E-state index in [0.717, 1.165) is 37.6 Å². The van der Waals surface area contributed by atoms with E-state index in [1.54, 1.807) is 17.6 Å². The Morgan fingerprint density at radius 3 is 2.94 bits per heavy atom. The summed E-state index contributed by atoms with van der Waals surface area (Å²) in [5.41, 5.74) is 2.20. The van der Waals surface area contributed by atoms with E-state index in [4.69, 9.17) is 9.15 Å². The summed E-state index contributed by atoms with van der Waals surface area (Å²) >= 11 is 1.72. The number of nitrogens with zero attached hydrogens (tertiary/aromatic N) is 1. The molecule has 0 bridgehead atoms. The Hall–Kier alpha value is -1.26. The van der Waals surface area contributed by atoms with Crippen LogP contribution in [0, 0.1) is 6.26 Å². The van der Waals surface area contributed by atoms with Gasteiger partial charge in [0.15, 0.2) is 6.26 Å². The molecule has 0 saturated carbocycles. The second-order valence-corrected chi connectivity index (χ2v) is 4.62. The van der Waals surface area contributed by atoms with Crippen LogP contribution in [-0.2, 0) is 4.74 Å². The van der Waals surface area contributed by atoms with Crippen LogP contribution >= 0.6 is 11.3 Å². The lowest BCUT2D eigenvalue weighted by molar-refractivity contribution is 0.122. The van der Waals surface area contributed by atoms with Crippen LogP contribution in [0.2, 0.25) is 0 Å². The Labute approximate surface area is 98.3 Å². The normalized spacial score (nSPS) is 16.6. The molecule has 1 saturated heterocycles. The number of hydrogen-bond donors (Lipinski definition) is 0. The number of rotatable bonds is 2. The van der Waals surface area contributed by atoms with Crippen LogP contribution < -0.4 is 4.90 Å². The molecule has 1 aliphatic heterocycles. The van der Waals surface area contributed by atoms with Crippen LogP contribution in [0.3, 0.4) is 0 Å². The number of anilines is 1. The van der Waals surface area contributed by atoms with E-state index in [2.05, 4.69) is 28.7 Å². The molecular weight excluding hydrogens is 222 g/mol. The molecule has 0 atom stereocenters. The third kappa shape index (κ3) is 1.74. The Bertz CT molecular complexity index is 443. The minimum atomic E-state index is 0.781. The number of ether oxygens (including phenoxy) is 1. The molecule has 1 radical (unpaired) electrons. The number of morpholine rings is 1. The predicted octanol–water partition coefficient (Wildman–Crippen LogP) is 2.64. The lowest BCUT2D eigenvalue weighted by Gasteiger charge is -2.27. The van der Waals surface area contributed by atoms with Gasteiger partial charge >= 0.3 is 0 Å². The van der Waals surface area contributed by atoms with Crippen molar-refractivity contribution in [2.45, 2.75) is 0 Å². The fourth-order valence-corrected chi connectivity index (χ4v) is 2.62. The second kappa shape index (κ2) is 4.31. The van der Waals surface area contributed by atoms with Gasteiger partial charge < -0.3 is 14.1 Å². The van der Waals surface area contributed by atoms with Gasteiger partial charge in [-0.05, 0) is 11.4 Å². The molecule has 16 heavy (non-hydrogen) atoms. The molecule has 3 heterocycles. The molecule has 83 valence electrons. The highest BCUT2D eigenvalue weighted by Crippen LogP contribution is 2.34. The second-order valence-electron chi connectivity index (χ2n) is 3.68. The highest BCUT2D eigenvalue weighted by atomic mass is 32.1. The summed E-state index contributed by atoms with van der Waals surface area (Å²) in [6.45, 7) is 3.38. The molecule has 1 fully saturated rings. The Morgan fingerprint density at radius 2 is 2.19 bits per heavy atom. The molecular formula is C12H12NO2S. The van der Waals surface area contributed by atoms with Crippen molar-refractivity contribution in [3.8, 4) is 10.4 Å². The van der Waals surface area contributed by atoms with Crippen LogP contribution in [0.4, 0.5) is 5.69 Å². The first-order chi connectivity index (χ1) is 7.95. The molecule has 0 N–H and O–H groups in total. The SMILES string of the molecule is [c]1occ(-c2cccs2)c1N1CCOCC1. The molecule has 0 unspecified atom stereocenters. The smallest absolute Gasteiger partial charge is 0.195 e. The van der Waals surface area contributed by atoms with Crippen molar-refractivity contribution >= 4 is 17.0 Å². The van der Waals surface area contributed by atoms with Gasteiger partial charge in [0.1, 0.15) is 6.26 Å². The topological polar surface area (TPSA) is 25.6 Å². The molecule has 2 aromatic heterocycles. The molecule has 3 nitrogen and oxygen atoms in total. The van der Waals surface area contributed by atoms with Gasteiger partial charge in [-0.3, -0.25) is 0 Å². The Kier molecular flexibility index (Phi) is 2.68. The van der Waals surface area contributed by atoms with Gasteiger partial charge in [0.25, 0.3) is 0 Å². The fourth-order valence-electron chi connectivity index (χ4n) is 1.88. The standard InChI is InChI=1S/C12H12NO2S/c1-2-12(16-7-1)10-8-15-9-11(10)13-3-5-14-6-4-13/h1-2,7-8H,3-6H2. The van der Waals surface area contributed by atoms with Gasteiger partial charge in [0.05, 0.1) is 24.5 Å². The van der Waals surface area contributed by atoms with Gasteiger partial charge in [-0.2, -0.15) is 0 Å². The van der Waals surface area contributed by atoms with Crippen molar-refractivity contribution in [1.82, 2.24) is 0 Å². The third-order valence-corrected chi connectivity index (χ3v) is 3.60. The van der Waals surface area contributed by atoms with Gasteiger partial charge in [0.2, 0.25) is 0 Å². The minimum absolute atomic E-state index is 0.781. The minimum Gasteiger partial charge on any atom is -0.458 e. The van der Waals surface area contributed by atoms with Crippen LogP contribution in [0.5, 0.6) is 0 Å². The largest absolute Gasteiger partial charge is 0.458 e. The van der Waals surface area contributed by atoms with Gasteiger partial charge in [-0.15, -0.1) is 11.3 Å². The number of furan rings is 1. The summed E-state index contributed by atoms with van der Waals surface area (Å²) in [5, 5.41) is 2.07. The van der Waals surface area contributed by atoms with E-state index < -0.39 is 0 Å². The van der Waals surface area contributed by atoms with E-state index in [1.165, 1.54) is 4.88 Å². The zero-order valence-corrected chi connectivity index (χ0v) is 9.63. The molecule has 2 aromatic rings. The van der Waals surface area contributed by atoms with E-state index in [1.807, 2.05) is 0 Å². The van der Waals surface area contributed by atoms with E-state index in [9.17, 15) is 0 Å². The first kappa shape index (κ1) is 9.93. The lowest BCUT2D eigenvalue weighted by Crippen LogP contribution is -2.36. The molecule has 1 aliphatic rings. The molecule has 0 aromatic carbocycles. The van der Waals surface area contributed by atoms with Crippen LogP contribution in [-0.4, -0.2) is 26.3 Å². The maximum absolute atomic E-state index is 5.34. The molecule has 3 rings (SSSR count). The third-order valence-electron chi connectivity index (χ3n) is 2.70. The highest BCUT2D eigenvalue weighted by Gasteiger charge is 2.18. The Morgan fingerprint density at radius 1 is 1.31 bits per heavy atom. The summed E-state index contributed by atoms with van der Waals surface area (Å²) in [6.07, 6.45) is 4.74. The van der Waals surface area contributed by atoms with Crippen molar-refractivity contribution in [1.29, 1.82) is 0 Å². The van der Waals surface area contributed by atoms with Gasteiger partial charge in [0, 0.05) is 18.0 Å². The highest BCUT2D eigenvalue weighted by molar-refractivity contribution is 7.13. The van der Waals surface area contributed by atoms with Gasteiger partial charge in [-0.25, -0.2) is 0 Å². The Balaban J connectivity index is 1.92. The van der Waals surface area contributed by atoms with Crippen molar-refractivity contribution in [2.75, 3.05) is 31.2 Å². The van der Waals surface area contributed by atoms with Crippen LogP contribution in [0.1, 0.15) is 0 Å². The van der Waals surface area contributed by atoms with E-state index in [-0.39, 0.29) is 0 Å². The lowest BCUT2D eigenvalue weighted by atomic mass is 10.2. The summed E-state index contributed by atoms with van der Waals surface area (Å²) in [4.78, 5) is 3.49. The number of thiophene rings is 1. The summed E-state index contributed by atoms with van der Waals surface area (Å²) in [6, 6.07) is 4.16. The maximum atomic E-state index is 5.34. The molecule has 4 heteroatoms. The van der Waals surface area contributed by atoms with Crippen molar-refractivity contribution in [2.24, 2.45) is 0 Å². The first-order valence-electron chi connectivity index (χ1n) is 5.31. The zero-order chi connectivity index (χ0) is 10.8. The average Bonchev–Trinajstić information content (AvgIpc) is 3.01. The van der Waals surface area contributed by atoms with E-state index in [0.29, 0.717) is 0 Å². The van der Waals surface area contributed by atoms with Crippen molar-refractivity contribution in [3.05, 3.63) is 30.0 Å². The monoisotopic (exact) mass is 234 g/mol. The summed E-state index contributed by atoms with van der Waals surface area (Å²) in [7, 11) is 0. The number of hydrogen-bond acceptors (Lipinski definition) is 4. The van der Waals surface area contributed by atoms with Crippen molar-refractivity contribution in [3.63, 3.8) is 0 Å². The average molecular weight is 234 g/mol. The van der Waals surface area contributed by atoms with Crippen molar-refractivity contribution < 1.29 is 9.15 Å². The molecule has 0 aliphatic carbocycles. The molecule has 0 amide bonds. The summed E-state index contributed by atoms with van der Waals surface area (Å²) in [5.74, 6) is 0. The zero-order valence-electron chi connectivity index (χ0n) is 8.81. The summed E-state index contributed by atoms with van der Waals surface area (Å²) < 4.78 is 10.6. The fraction of sp³-hybridized carbons (Fsp3) is 0.333. The quantitative estimate of drug-likeness (QED) is 0.799. The molecule has 0 spiro atoms. The van der Waals surface area contributed by atoms with Crippen LogP contribution in [0.15, 0.2) is 28.2 Å². The predicted molar refractivity (Wildman–Crippen MR) is 63.9 cm³/mol.